The number of non-ortho nitro benzene ring substituents is 1. The van der Waals surface area contributed by atoms with E-state index in [9.17, 15) is 19.7 Å². The SMILES string of the molecule is COC(=O)C1=C(C)N=c2s/c(=C\c3ccc(C)cc3)c(=O)n2C1c1cccc([N+](=O)[O-])c1. The quantitative estimate of drug-likeness (QED) is 0.346. The summed E-state index contributed by atoms with van der Waals surface area (Å²) < 4.78 is 6.80. The summed E-state index contributed by atoms with van der Waals surface area (Å²) in [5.74, 6) is -0.643. The molecule has 2 heterocycles. The molecule has 162 valence electrons. The van der Waals surface area contributed by atoms with Crippen molar-refractivity contribution in [3.63, 3.8) is 0 Å². The van der Waals surface area contributed by atoms with E-state index in [1.165, 1.54) is 41.2 Å². The summed E-state index contributed by atoms with van der Waals surface area (Å²) in [6.07, 6.45) is 1.77. The number of thiazole rings is 1. The molecule has 1 aromatic heterocycles. The Hall–Kier alpha value is -3.85. The van der Waals surface area contributed by atoms with E-state index in [1.54, 1.807) is 19.1 Å². The molecule has 32 heavy (non-hydrogen) atoms. The average Bonchev–Trinajstić information content (AvgIpc) is 3.08. The molecule has 8 nitrogen and oxygen atoms in total. The molecule has 0 amide bonds. The number of aryl methyl sites for hydroxylation is 1. The Morgan fingerprint density at radius 1 is 1.22 bits per heavy atom. The van der Waals surface area contributed by atoms with Crippen molar-refractivity contribution in [3.05, 3.63) is 106 Å². The van der Waals surface area contributed by atoms with Gasteiger partial charge in [-0.1, -0.05) is 53.3 Å². The van der Waals surface area contributed by atoms with Crippen molar-refractivity contribution in [2.24, 2.45) is 4.99 Å². The van der Waals surface area contributed by atoms with Crippen molar-refractivity contribution in [3.8, 4) is 0 Å². The largest absolute Gasteiger partial charge is 0.466 e. The molecule has 0 saturated heterocycles. The highest BCUT2D eigenvalue weighted by Crippen LogP contribution is 2.32. The van der Waals surface area contributed by atoms with Gasteiger partial charge in [0.2, 0.25) is 0 Å². The number of benzene rings is 2. The van der Waals surface area contributed by atoms with E-state index in [2.05, 4.69) is 4.99 Å². The highest BCUT2D eigenvalue weighted by atomic mass is 32.1. The lowest BCUT2D eigenvalue weighted by Crippen LogP contribution is -2.39. The van der Waals surface area contributed by atoms with Gasteiger partial charge in [-0.2, -0.15) is 0 Å². The van der Waals surface area contributed by atoms with Crippen molar-refractivity contribution in [2.75, 3.05) is 7.11 Å². The van der Waals surface area contributed by atoms with Crippen molar-refractivity contribution in [1.82, 2.24) is 4.57 Å². The van der Waals surface area contributed by atoms with Crippen LogP contribution in [0.5, 0.6) is 0 Å². The summed E-state index contributed by atoms with van der Waals surface area (Å²) in [7, 11) is 1.25. The molecule has 3 aromatic rings. The van der Waals surface area contributed by atoms with Gasteiger partial charge >= 0.3 is 5.97 Å². The van der Waals surface area contributed by atoms with Crippen LogP contribution >= 0.6 is 11.3 Å². The van der Waals surface area contributed by atoms with Gasteiger partial charge in [0, 0.05) is 12.1 Å². The fourth-order valence-corrected chi connectivity index (χ4v) is 4.68. The van der Waals surface area contributed by atoms with Gasteiger partial charge in [-0.05, 0) is 31.1 Å². The van der Waals surface area contributed by atoms with Crippen LogP contribution in [0, 0.1) is 17.0 Å². The minimum atomic E-state index is -0.890. The third-order valence-corrected chi connectivity index (χ3v) is 6.18. The number of fused-ring (bicyclic) bond motifs is 1. The van der Waals surface area contributed by atoms with Crippen LogP contribution < -0.4 is 14.9 Å². The molecular formula is C23H19N3O5S. The maximum atomic E-state index is 13.4. The van der Waals surface area contributed by atoms with Crippen LogP contribution in [0.3, 0.4) is 0 Å². The smallest absolute Gasteiger partial charge is 0.338 e. The summed E-state index contributed by atoms with van der Waals surface area (Å²) in [5, 5.41) is 11.3. The number of hydrogen-bond donors (Lipinski definition) is 0. The summed E-state index contributed by atoms with van der Waals surface area (Å²) in [5.41, 5.74) is 2.49. The molecule has 0 fully saturated rings. The fourth-order valence-electron chi connectivity index (χ4n) is 3.63. The molecule has 0 aliphatic carbocycles. The third kappa shape index (κ3) is 3.78. The first kappa shape index (κ1) is 21.4. The number of hydrogen-bond acceptors (Lipinski definition) is 7. The molecule has 0 saturated carbocycles. The van der Waals surface area contributed by atoms with Crippen LogP contribution in [-0.4, -0.2) is 22.6 Å². The zero-order valence-corrected chi connectivity index (χ0v) is 18.4. The van der Waals surface area contributed by atoms with Gasteiger partial charge in [-0.3, -0.25) is 19.5 Å². The highest BCUT2D eigenvalue weighted by Gasteiger charge is 2.33. The molecule has 1 aliphatic heterocycles. The van der Waals surface area contributed by atoms with Crippen molar-refractivity contribution < 1.29 is 14.5 Å². The van der Waals surface area contributed by atoms with Gasteiger partial charge in [0.05, 0.1) is 33.9 Å². The molecule has 9 heteroatoms. The summed E-state index contributed by atoms with van der Waals surface area (Å²) in [6, 6.07) is 12.7. The first-order chi connectivity index (χ1) is 15.3. The van der Waals surface area contributed by atoms with Gasteiger partial charge in [0.1, 0.15) is 0 Å². The first-order valence-corrected chi connectivity index (χ1v) is 10.5. The maximum absolute atomic E-state index is 13.4. The van der Waals surface area contributed by atoms with E-state index >= 15 is 0 Å². The number of allylic oxidation sites excluding steroid dienone is 1. The van der Waals surface area contributed by atoms with E-state index in [4.69, 9.17) is 4.74 Å². The Labute approximate surface area is 186 Å². The molecule has 1 unspecified atom stereocenters. The number of methoxy groups -OCH3 is 1. The topological polar surface area (TPSA) is 104 Å². The van der Waals surface area contributed by atoms with E-state index in [1.807, 2.05) is 31.2 Å². The number of aromatic nitrogens is 1. The third-order valence-electron chi connectivity index (χ3n) is 5.20. The number of carbonyl (C=O) groups excluding carboxylic acids is 1. The lowest BCUT2D eigenvalue weighted by atomic mass is 9.95. The van der Waals surface area contributed by atoms with Gasteiger partial charge < -0.3 is 4.74 Å². The van der Waals surface area contributed by atoms with Crippen LogP contribution in [0.15, 0.2) is 69.6 Å². The predicted octanol–water partition coefficient (Wildman–Crippen LogP) is 2.62. The van der Waals surface area contributed by atoms with E-state index in [-0.39, 0.29) is 16.8 Å². The Morgan fingerprint density at radius 2 is 1.94 bits per heavy atom. The van der Waals surface area contributed by atoms with Crippen LogP contribution in [-0.2, 0) is 9.53 Å². The molecule has 1 atom stereocenters. The Bertz CT molecular complexity index is 1450. The second-order valence-corrected chi connectivity index (χ2v) is 8.35. The van der Waals surface area contributed by atoms with Crippen LogP contribution in [0.4, 0.5) is 5.69 Å². The van der Waals surface area contributed by atoms with Crippen molar-refractivity contribution >= 4 is 29.1 Å². The molecule has 0 N–H and O–H groups in total. The molecular weight excluding hydrogens is 430 g/mol. The molecule has 2 aromatic carbocycles. The number of nitrogens with zero attached hydrogens (tertiary/aromatic N) is 3. The van der Waals surface area contributed by atoms with E-state index < -0.39 is 16.9 Å². The highest BCUT2D eigenvalue weighted by molar-refractivity contribution is 7.07. The molecule has 0 bridgehead atoms. The monoisotopic (exact) mass is 449 g/mol. The second kappa shape index (κ2) is 8.35. The number of rotatable bonds is 4. The van der Waals surface area contributed by atoms with Gasteiger partial charge in [0.25, 0.3) is 11.2 Å². The minimum Gasteiger partial charge on any atom is -0.466 e. The van der Waals surface area contributed by atoms with Crippen molar-refractivity contribution in [1.29, 1.82) is 0 Å². The molecule has 0 radical (unpaired) electrons. The zero-order valence-electron chi connectivity index (χ0n) is 17.6. The summed E-state index contributed by atoms with van der Waals surface area (Å²) in [6.45, 7) is 3.64. The predicted molar refractivity (Wildman–Crippen MR) is 120 cm³/mol. The molecule has 1 aliphatic rings. The fraction of sp³-hybridized carbons (Fsp3) is 0.174. The average molecular weight is 449 g/mol. The van der Waals surface area contributed by atoms with Gasteiger partial charge in [-0.25, -0.2) is 9.79 Å². The van der Waals surface area contributed by atoms with E-state index in [0.717, 1.165) is 11.1 Å². The number of carbonyl (C=O) groups is 1. The standard InChI is InChI=1S/C23H19N3O5S/c1-13-7-9-15(10-8-13)11-18-21(27)25-20(16-5-4-6-17(12-16)26(29)30)19(22(28)31-3)14(2)24-23(25)32-18/h4-12,20H,1-3H3/b18-11-. The lowest BCUT2D eigenvalue weighted by molar-refractivity contribution is -0.384. The number of nitro groups is 1. The minimum absolute atomic E-state index is 0.136. The molecule has 0 spiro atoms. The number of nitro benzene ring substituents is 1. The van der Waals surface area contributed by atoms with Gasteiger partial charge in [0.15, 0.2) is 4.80 Å². The Morgan fingerprint density at radius 3 is 2.59 bits per heavy atom. The van der Waals surface area contributed by atoms with Crippen molar-refractivity contribution in [2.45, 2.75) is 19.9 Å². The number of esters is 1. The first-order valence-electron chi connectivity index (χ1n) is 9.72. The van der Waals surface area contributed by atoms with E-state index in [0.29, 0.717) is 20.6 Å². The normalized spacial score (nSPS) is 15.8. The Balaban J connectivity index is 1.98. The van der Waals surface area contributed by atoms with Crippen LogP contribution in [0.1, 0.15) is 29.7 Å². The lowest BCUT2D eigenvalue weighted by Gasteiger charge is -2.24. The van der Waals surface area contributed by atoms with Crippen LogP contribution in [0.25, 0.3) is 6.08 Å². The summed E-state index contributed by atoms with van der Waals surface area (Å²) >= 11 is 1.20. The van der Waals surface area contributed by atoms with Gasteiger partial charge in [-0.15, -0.1) is 0 Å². The molecule has 4 rings (SSSR count). The maximum Gasteiger partial charge on any atom is 0.338 e. The van der Waals surface area contributed by atoms with Crippen LogP contribution in [0.2, 0.25) is 0 Å². The second-order valence-electron chi connectivity index (χ2n) is 7.34. The number of ether oxygens (including phenoxy) is 1. The zero-order chi connectivity index (χ0) is 23.0. The Kier molecular flexibility index (Phi) is 5.58. The summed E-state index contributed by atoms with van der Waals surface area (Å²) in [4.78, 5) is 41.8.